The monoisotopic (exact) mass is 321 g/mol. The number of hydrogen-bond donors (Lipinski definition) is 1. The van der Waals surface area contributed by atoms with Crippen LogP contribution in [0.15, 0.2) is 41.0 Å². The van der Waals surface area contributed by atoms with E-state index in [1.54, 1.807) is 19.2 Å². The number of halogens is 1. The molecule has 0 bridgehead atoms. The predicted molar refractivity (Wildman–Crippen MR) is 77.1 cm³/mol. The minimum Gasteiger partial charge on any atom is -0.379 e. The molecule has 5 nitrogen and oxygen atoms in total. The quantitative estimate of drug-likeness (QED) is 0.689. The van der Waals surface area contributed by atoms with Gasteiger partial charge in [-0.15, -0.1) is 0 Å². The zero-order valence-corrected chi connectivity index (χ0v) is 11.8. The maximum atomic E-state index is 10.8. The number of pyridine rings is 1. The number of anilines is 1. The molecule has 0 unspecified atom stereocenters. The van der Waals surface area contributed by atoms with Crippen molar-refractivity contribution >= 4 is 27.3 Å². The second-order valence-electron chi connectivity index (χ2n) is 4.03. The summed E-state index contributed by atoms with van der Waals surface area (Å²) >= 11 is 3.32. The smallest absolute Gasteiger partial charge is 0.274 e. The van der Waals surface area contributed by atoms with Gasteiger partial charge < -0.3 is 5.32 Å². The Hall–Kier alpha value is -1.95. The summed E-state index contributed by atoms with van der Waals surface area (Å²) in [6, 6.07) is 8.79. The van der Waals surface area contributed by atoms with Crippen molar-refractivity contribution in [2.75, 3.05) is 5.32 Å². The van der Waals surface area contributed by atoms with Crippen LogP contribution in [-0.2, 0) is 6.54 Å². The van der Waals surface area contributed by atoms with Crippen molar-refractivity contribution < 1.29 is 4.92 Å². The van der Waals surface area contributed by atoms with Crippen molar-refractivity contribution in [2.45, 2.75) is 13.5 Å². The first-order valence-corrected chi connectivity index (χ1v) is 6.45. The van der Waals surface area contributed by atoms with Gasteiger partial charge in [-0.2, -0.15) is 0 Å². The fraction of sp³-hybridized carbons (Fsp3) is 0.154. The summed E-state index contributed by atoms with van der Waals surface area (Å²) in [6.45, 7) is 2.25. The van der Waals surface area contributed by atoms with Gasteiger partial charge in [-0.1, -0.05) is 6.07 Å². The van der Waals surface area contributed by atoms with Gasteiger partial charge in [-0.3, -0.25) is 15.1 Å². The standard InChI is InChI=1S/C13H12BrN3O2/c1-9-12(3-2-4-13(9)17(18)19)16-8-11-6-5-10(14)7-15-11/h2-7,16H,8H2,1H3. The van der Waals surface area contributed by atoms with Gasteiger partial charge in [0.05, 0.1) is 17.2 Å². The largest absolute Gasteiger partial charge is 0.379 e. The third-order valence-corrected chi connectivity index (χ3v) is 3.22. The number of hydrogen-bond acceptors (Lipinski definition) is 4. The summed E-state index contributed by atoms with van der Waals surface area (Å²) in [7, 11) is 0. The molecule has 0 fully saturated rings. The van der Waals surface area contributed by atoms with Crippen molar-refractivity contribution in [1.82, 2.24) is 4.98 Å². The number of rotatable bonds is 4. The zero-order valence-electron chi connectivity index (χ0n) is 10.3. The summed E-state index contributed by atoms with van der Waals surface area (Å²) in [5.41, 5.74) is 2.37. The molecule has 0 saturated heterocycles. The maximum absolute atomic E-state index is 10.8. The first-order valence-electron chi connectivity index (χ1n) is 5.66. The highest BCUT2D eigenvalue weighted by Gasteiger charge is 2.12. The van der Waals surface area contributed by atoms with Crippen LogP contribution >= 0.6 is 15.9 Å². The van der Waals surface area contributed by atoms with E-state index in [0.29, 0.717) is 12.1 Å². The molecule has 0 saturated carbocycles. The second-order valence-corrected chi connectivity index (χ2v) is 4.94. The summed E-state index contributed by atoms with van der Waals surface area (Å²) in [6.07, 6.45) is 1.72. The van der Waals surface area contributed by atoms with Gasteiger partial charge in [0.2, 0.25) is 0 Å². The Bertz CT molecular complexity index is 599. The first-order chi connectivity index (χ1) is 9.08. The molecule has 1 aromatic heterocycles. The summed E-state index contributed by atoms with van der Waals surface area (Å²) in [5.74, 6) is 0. The fourth-order valence-corrected chi connectivity index (χ4v) is 1.94. The van der Waals surface area contributed by atoms with E-state index in [4.69, 9.17) is 0 Å². The number of nitro groups is 1. The molecule has 2 aromatic rings. The van der Waals surface area contributed by atoms with Crippen molar-refractivity contribution in [3.05, 3.63) is 62.4 Å². The number of nitro benzene ring substituents is 1. The van der Waals surface area contributed by atoms with E-state index >= 15 is 0 Å². The molecule has 98 valence electrons. The Kier molecular flexibility index (Phi) is 4.11. The Morgan fingerprint density at radius 1 is 1.37 bits per heavy atom. The molecule has 1 N–H and O–H groups in total. The highest BCUT2D eigenvalue weighted by Crippen LogP contribution is 2.25. The summed E-state index contributed by atoms with van der Waals surface area (Å²) < 4.78 is 0.919. The normalized spacial score (nSPS) is 10.2. The van der Waals surface area contributed by atoms with Crippen LogP contribution in [0.5, 0.6) is 0 Å². The summed E-state index contributed by atoms with van der Waals surface area (Å²) in [5, 5.41) is 14.0. The van der Waals surface area contributed by atoms with Crippen molar-refractivity contribution in [1.29, 1.82) is 0 Å². The molecule has 2 rings (SSSR count). The number of benzene rings is 1. The molecule has 0 aliphatic carbocycles. The molecule has 1 aromatic carbocycles. The van der Waals surface area contributed by atoms with E-state index in [2.05, 4.69) is 26.2 Å². The van der Waals surface area contributed by atoms with Crippen LogP contribution in [-0.4, -0.2) is 9.91 Å². The lowest BCUT2D eigenvalue weighted by Gasteiger charge is -2.09. The van der Waals surface area contributed by atoms with Gasteiger partial charge in [0, 0.05) is 28.0 Å². The van der Waals surface area contributed by atoms with Crippen LogP contribution in [0, 0.1) is 17.0 Å². The van der Waals surface area contributed by atoms with Gasteiger partial charge in [-0.25, -0.2) is 0 Å². The Balaban J connectivity index is 2.13. The van der Waals surface area contributed by atoms with Gasteiger partial charge in [0.1, 0.15) is 0 Å². The van der Waals surface area contributed by atoms with Crippen LogP contribution < -0.4 is 5.32 Å². The molecule has 6 heteroatoms. The maximum Gasteiger partial charge on any atom is 0.274 e. The molecule has 0 amide bonds. The molecular weight excluding hydrogens is 310 g/mol. The van der Waals surface area contributed by atoms with E-state index < -0.39 is 0 Å². The second kappa shape index (κ2) is 5.79. The van der Waals surface area contributed by atoms with Crippen LogP contribution in [0.25, 0.3) is 0 Å². The molecule has 0 aliphatic heterocycles. The lowest BCUT2D eigenvalue weighted by molar-refractivity contribution is -0.385. The van der Waals surface area contributed by atoms with Crippen molar-refractivity contribution in [2.24, 2.45) is 0 Å². The van der Waals surface area contributed by atoms with Gasteiger partial charge in [0.15, 0.2) is 0 Å². The van der Waals surface area contributed by atoms with Crippen LogP contribution in [0.3, 0.4) is 0 Å². The Labute approximate surface area is 119 Å². The average Bonchev–Trinajstić information content (AvgIpc) is 2.39. The molecule has 19 heavy (non-hydrogen) atoms. The van der Waals surface area contributed by atoms with E-state index in [1.165, 1.54) is 6.07 Å². The number of aromatic nitrogens is 1. The highest BCUT2D eigenvalue weighted by atomic mass is 79.9. The van der Waals surface area contributed by atoms with E-state index in [0.717, 1.165) is 15.9 Å². The van der Waals surface area contributed by atoms with E-state index in [-0.39, 0.29) is 10.6 Å². The van der Waals surface area contributed by atoms with Gasteiger partial charge >= 0.3 is 0 Å². The molecule has 0 radical (unpaired) electrons. The van der Waals surface area contributed by atoms with Crippen molar-refractivity contribution in [3.63, 3.8) is 0 Å². The molecule has 0 atom stereocenters. The zero-order chi connectivity index (χ0) is 13.8. The van der Waals surface area contributed by atoms with Crippen LogP contribution in [0.2, 0.25) is 0 Å². The van der Waals surface area contributed by atoms with Crippen LogP contribution in [0.4, 0.5) is 11.4 Å². The molecule has 1 heterocycles. The fourth-order valence-electron chi connectivity index (χ4n) is 1.71. The topological polar surface area (TPSA) is 68.1 Å². The van der Waals surface area contributed by atoms with E-state index in [9.17, 15) is 10.1 Å². The average molecular weight is 322 g/mol. The third kappa shape index (κ3) is 3.29. The minimum absolute atomic E-state index is 0.119. The summed E-state index contributed by atoms with van der Waals surface area (Å²) in [4.78, 5) is 14.7. The van der Waals surface area contributed by atoms with E-state index in [1.807, 2.05) is 18.2 Å². The lowest BCUT2D eigenvalue weighted by atomic mass is 10.1. The van der Waals surface area contributed by atoms with Crippen LogP contribution in [0.1, 0.15) is 11.3 Å². The minimum atomic E-state index is -0.377. The Morgan fingerprint density at radius 3 is 2.79 bits per heavy atom. The first kappa shape index (κ1) is 13.5. The third-order valence-electron chi connectivity index (χ3n) is 2.75. The lowest BCUT2D eigenvalue weighted by Crippen LogP contribution is -2.04. The predicted octanol–water partition coefficient (Wildman–Crippen LogP) is 3.67. The number of nitrogens with one attached hydrogen (secondary N) is 1. The highest BCUT2D eigenvalue weighted by molar-refractivity contribution is 9.10. The SMILES string of the molecule is Cc1c(NCc2ccc(Br)cn2)cccc1[N+](=O)[O-]. The molecule has 0 aliphatic rings. The van der Waals surface area contributed by atoms with Crippen molar-refractivity contribution in [3.8, 4) is 0 Å². The molecular formula is C13H12BrN3O2. The Morgan fingerprint density at radius 2 is 2.16 bits per heavy atom. The van der Waals surface area contributed by atoms with Gasteiger partial charge in [0.25, 0.3) is 5.69 Å². The van der Waals surface area contributed by atoms with Gasteiger partial charge in [-0.05, 0) is 41.1 Å². The molecule has 0 spiro atoms. The number of nitrogens with zero attached hydrogens (tertiary/aromatic N) is 2.